The minimum absolute atomic E-state index is 0.100. The van der Waals surface area contributed by atoms with Gasteiger partial charge < -0.3 is 14.2 Å². The van der Waals surface area contributed by atoms with Gasteiger partial charge >= 0.3 is 5.97 Å². The molecule has 2 aliphatic rings. The van der Waals surface area contributed by atoms with E-state index in [1.54, 1.807) is 14.2 Å². The number of carbonyl (C=O) groups excluding carboxylic acids is 3. The number of hydrogen-bond donors (Lipinski definition) is 1. The van der Waals surface area contributed by atoms with Gasteiger partial charge in [0.05, 0.1) is 25.2 Å². The van der Waals surface area contributed by atoms with Gasteiger partial charge in [-0.1, -0.05) is 0 Å². The van der Waals surface area contributed by atoms with Crippen LogP contribution in [0.15, 0.2) is 11.6 Å². The molecule has 0 unspecified atom stereocenters. The van der Waals surface area contributed by atoms with Gasteiger partial charge in [0.15, 0.2) is 0 Å². The molecule has 2 amide bonds. The second-order valence-corrected chi connectivity index (χ2v) is 5.64. The van der Waals surface area contributed by atoms with Gasteiger partial charge in [0.2, 0.25) is 0 Å². The summed E-state index contributed by atoms with van der Waals surface area (Å²) in [5.41, 5.74) is 0.142. The summed E-state index contributed by atoms with van der Waals surface area (Å²) in [5, 5.41) is 2.09. The van der Waals surface area contributed by atoms with Crippen LogP contribution in [0.2, 0.25) is 0 Å². The Hall–Kier alpha value is -1.73. The van der Waals surface area contributed by atoms with Crippen molar-refractivity contribution in [2.75, 3.05) is 20.8 Å². The highest BCUT2D eigenvalue weighted by Gasteiger charge is 2.30. The molecular weight excluding hydrogens is 290 g/mol. The zero-order valence-corrected chi connectivity index (χ0v) is 12.8. The fourth-order valence-corrected chi connectivity index (χ4v) is 2.85. The molecule has 122 valence electrons. The summed E-state index contributed by atoms with van der Waals surface area (Å²) in [6.45, 7) is 0.265. The van der Waals surface area contributed by atoms with Crippen molar-refractivity contribution in [2.45, 2.75) is 37.9 Å². The average Bonchev–Trinajstić information content (AvgIpc) is 2.82. The molecule has 0 aromatic carbocycles. The van der Waals surface area contributed by atoms with E-state index in [1.165, 1.54) is 0 Å². The molecule has 1 aliphatic heterocycles. The molecule has 0 saturated heterocycles. The monoisotopic (exact) mass is 311 g/mol. The van der Waals surface area contributed by atoms with Gasteiger partial charge in [-0.2, -0.15) is 0 Å². The SMILES string of the molecule is CO[C@H]1CC(COC(=O)CC2=CC(=O)NC2=O)C[C@H](OC)C1. The Morgan fingerprint density at radius 3 is 2.32 bits per heavy atom. The fraction of sp³-hybridized carbons (Fsp3) is 0.667. The van der Waals surface area contributed by atoms with Crippen LogP contribution in [0.5, 0.6) is 0 Å². The Morgan fingerprint density at radius 2 is 1.82 bits per heavy atom. The van der Waals surface area contributed by atoms with Gasteiger partial charge in [0, 0.05) is 25.9 Å². The third-order valence-corrected chi connectivity index (χ3v) is 4.03. The molecule has 7 nitrogen and oxygen atoms in total. The van der Waals surface area contributed by atoms with Gasteiger partial charge in [-0.05, 0) is 25.2 Å². The van der Waals surface area contributed by atoms with E-state index in [2.05, 4.69) is 5.32 Å². The van der Waals surface area contributed by atoms with E-state index < -0.39 is 17.8 Å². The standard InChI is InChI=1S/C15H21NO6/c1-20-11-3-9(4-12(7-11)21-2)8-22-14(18)6-10-5-13(17)16-15(10)19/h5,9,11-12H,3-4,6-8H2,1-2H3,(H,16,17,19)/t11-,12-/m0/s1. The summed E-state index contributed by atoms with van der Waals surface area (Å²) in [7, 11) is 3.32. The Bertz CT molecular complexity index is 474. The van der Waals surface area contributed by atoms with Crippen LogP contribution in [0.25, 0.3) is 0 Å². The molecular formula is C15H21NO6. The molecule has 1 saturated carbocycles. The van der Waals surface area contributed by atoms with Gasteiger partial charge in [-0.25, -0.2) is 0 Å². The molecule has 0 spiro atoms. The molecule has 0 radical (unpaired) electrons. The normalized spacial score (nSPS) is 28.3. The van der Waals surface area contributed by atoms with Crippen molar-refractivity contribution >= 4 is 17.8 Å². The highest BCUT2D eigenvalue weighted by atomic mass is 16.5. The molecule has 2 atom stereocenters. The van der Waals surface area contributed by atoms with Gasteiger partial charge in [0.1, 0.15) is 0 Å². The van der Waals surface area contributed by atoms with Crippen LogP contribution in [0, 0.1) is 5.92 Å². The van der Waals surface area contributed by atoms with Crippen molar-refractivity contribution in [1.82, 2.24) is 5.32 Å². The lowest BCUT2D eigenvalue weighted by Gasteiger charge is -2.33. The predicted octanol–water partition coefficient (Wildman–Crippen LogP) is 0.333. The first-order chi connectivity index (χ1) is 10.5. The second kappa shape index (κ2) is 7.51. The van der Waals surface area contributed by atoms with Crippen LogP contribution in [0.4, 0.5) is 0 Å². The topological polar surface area (TPSA) is 90.9 Å². The van der Waals surface area contributed by atoms with Crippen LogP contribution in [-0.4, -0.2) is 50.8 Å². The molecule has 1 heterocycles. The van der Waals surface area contributed by atoms with E-state index >= 15 is 0 Å². The Morgan fingerprint density at radius 1 is 1.18 bits per heavy atom. The average molecular weight is 311 g/mol. The first-order valence-corrected chi connectivity index (χ1v) is 7.29. The number of esters is 1. The van der Waals surface area contributed by atoms with Crippen molar-refractivity contribution in [3.8, 4) is 0 Å². The zero-order chi connectivity index (χ0) is 16.1. The minimum atomic E-state index is -0.529. The van der Waals surface area contributed by atoms with Crippen molar-refractivity contribution < 1.29 is 28.6 Å². The third kappa shape index (κ3) is 4.38. The molecule has 0 bridgehead atoms. The third-order valence-electron chi connectivity index (χ3n) is 4.03. The van der Waals surface area contributed by atoms with Gasteiger partial charge in [0.25, 0.3) is 11.8 Å². The summed E-state index contributed by atoms with van der Waals surface area (Å²) in [6.07, 6.45) is 3.60. The maximum Gasteiger partial charge on any atom is 0.310 e. The number of ether oxygens (including phenoxy) is 3. The highest BCUT2D eigenvalue weighted by Crippen LogP contribution is 2.28. The lowest BCUT2D eigenvalue weighted by molar-refractivity contribution is -0.146. The smallest absolute Gasteiger partial charge is 0.310 e. The molecule has 1 fully saturated rings. The van der Waals surface area contributed by atoms with E-state index in [0.29, 0.717) is 0 Å². The zero-order valence-electron chi connectivity index (χ0n) is 12.8. The van der Waals surface area contributed by atoms with Crippen LogP contribution < -0.4 is 5.32 Å². The van der Waals surface area contributed by atoms with Crippen LogP contribution >= 0.6 is 0 Å². The molecule has 1 aliphatic carbocycles. The van der Waals surface area contributed by atoms with Crippen molar-refractivity contribution in [3.05, 3.63) is 11.6 Å². The number of nitrogens with one attached hydrogen (secondary N) is 1. The number of carbonyl (C=O) groups is 3. The molecule has 7 heteroatoms. The minimum Gasteiger partial charge on any atom is -0.465 e. The van der Waals surface area contributed by atoms with Gasteiger partial charge in [-0.3, -0.25) is 19.7 Å². The largest absolute Gasteiger partial charge is 0.465 e. The molecule has 0 aromatic rings. The lowest BCUT2D eigenvalue weighted by Crippen LogP contribution is -2.34. The highest BCUT2D eigenvalue weighted by molar-refractivity contribution is 6.17. The Labute approximate surface area is 129 Å². The van der Waals surface area contributed by atoms with Crippen molar-refractivity contribution in [3.63, 3.8) is 0 Å². The summed E-state index contributed by atoms with van der Waals surface area (Å²) in [6, 6.07) is 0. The fourth-order valence-electron chi connectivity index (χ4n) is 2.85. The quantitative estimate of drug-likeness (QED) is 0.561. The van der Waals surface area contributed by atoms with E-state index in [0.717, 1.165) is 25.3 Å². The maximum absolute atomic E-state index is 11.8. The first-order valence-electron chi connectivity index (χ1n) is 7.29. The summed E-state index contributed by atoms with van der Waals surface area (Å²) < 4.78 is 16.0. The van der Waals surface area contributed by atoms with Crippen LogP contribution in [0.1, 0.15) is 25.7 Å². The Balaban J connectivity index is 1.79. The van der Waals surface area contributed by atoms with Crippen molar-refractivity contribution in [1.29, 1.82) is 0 Å². The maximum atomic E-state index is 11.8. The van der Waals surface area contributed by atoms with E-state index in [4.69, 9.17) is 14.2 Å². The van der Waals surface area contributed by atoms with E-state index in [9.17, 15) is 14.4 Å². The van der Waals surface area contributed by atoms with Crippen molar-refractivity contribution in [2.24, 2.45) is 5.92 Å². The van der Waals surface area contributed by atoms with Crippen LogP contribution in [0.3, 0.4) is 0 Å². The Kier molecular flexibility index (Phi) is 5.68. The number of imide groups is 1. The lowest BCUT2D eigenvalue weighted by atomic mass is 9.85. The first kappa shape index (κ1) is 16.6. The number of rotatable bonds is 6. The second-order valence-electron chi connectivity index (χ2n) is 5.64. The molecule has 2 rings (SSSR count). The van der Waals surface area contributed by atoms with Crippen LogP contribution in [-0.2, 0) is 28.6 Å². The van der Waals surface area contributed by atoms with E-state index in [-0.39, 0.29) is 36.7 Å². The molecule has 1 N–H and O–H groups in total. The summed E-state index contributed by atoms with van der Waals surface area (Å²) in [5.74, 6) is -1.37. The van der Waals surface area contributed by atoms with E-state index in [1.807, 2.05) is 0 Å². The number of hydrogen-bond acceptors (Lipinski definition) is 6. The predicted molar refractivity (Wildman–Crippen MR) is 75.7 cm³/mol. The summed E-state index contributed by atoms with van der Waals surface area (Å²) >= 11 is 0. The molecule has 0 aromatic heterocycles. The number of methoxy groups -OCH3 is 2. The van der Waals surface area contributed by atoms with Gasteiger partial charge in [-0.15, -0.1) is 0 Å². The number of amides is 2. The molecule has 22 heavy (non-hydrogen) atoms. The summed E-state index contributed by atoms with van der Waals surface area (Å²) in [4.78, 5) is 34.1.